The molecule has 2 atom stereocenters. The standard InChI is InChI=1S/C14H19BrClN/c1-10-5-11(2)8-17(7-10)9-12-3-4-13(15)6-14(12)16/h3-4,6,10-11H,5,7-9H2,1-2H3. The van der Waals surface area contributed by atoms with Gasteiger partial charge < -0.3 is 0 Å². The first-order valence-electron chi connectivity index (χ1n) is 6.21. The van der Waals surface area contributed by atoms with E-state index in [9.17, 15) is 0 Å². The molecule has 1 aromatic rings. The van der Waals surface area contributed by atoms with Crippen LogP contribution in [0.4, 0.5) is 0 Å². The summed E-state index contributed by atoms with van der Waals surface area (Å²) in [6, 6.07) is 6.17. The molecule has 94 valence electrons. The van der Waals surface area contributed by atoms with Crippen molar-refractivity contribution in [3.8, 4) is 0 Å². The summed E-state index contributed by atoms with van der Waals surface area (Å²) >= 11 is 9.71. The van der Waals surface area contributed by atoms with Crippen LogP contribution in [0, 0.1) is 11.8 Å². The van der Waals surface area contributed by atoms with Crippen LogP contribution in [0.15, 0.2) is 22.7 Å². The summed E-state index contributed by atoms with van der Waals surface area (Å²) in [5, 5.41) is 0.866. The van der Waals surface area contributed by atoms with Crippen molar-refractivity contribution in [2.45, 2.75) is 26.8 Å². The lowest BCUT2D eigenvalue weighted by Gasteiger charge is -2.35. The van der Waals surface area contributed by atoms with Gasteiger partial charge in [-0.25, -0.2) is 0 Å². The highest BCUT2D eigenvalue weighted by molar-refractivity contribution is 9.10. The van der Waals surface area contributed by atoms with Crippen LogP contribution >= 0.6 is 27.5 Å². The third-order valence-corrected chi connectivity index (χ3v) is 4.20. The van der Waals surface area contributed by atoms with E-state index < -0.39 is 0 Å². The topological polar surface area (TPSA) is 3.24 Å². The van der Waals surface area contributed by atoms with Crippen LogP contribution in [-0.2, 0) is 6.54 Å². The Labute approximate surface area is 117 Å². The van der Waals surface area contributed by atoms with Gasteiger partial charge in [-0.1, -0.05) is 47.4 Å². The maximum Gasteiger partial charge on any atom is 0.0462 e. The van der Waals surface area contributed by atoms with Crippen molar-refractivity contribution in [1.29, 1.82) is 0 Å². The van der Waals surface area contributed by atoms with Crippen LogP contribution in [0.5, 0.6) is 0 Å². The summed E-state index contributed by atoms with van der Waals surface area (Å²) in [5.74, 6) is 1.60. The van der Waals surface area contributed by atoms with E-state index in [2.05, 4.69) is 46.8 Å². The van der Waals surface area contributed by atoms with Gasteiger partial charge in [-0.05, 0) is 36.0 Å². The van der Waals surface area contributed by atoms with Gasteiger partial charge in [0.05, 0.1) is 0 Å². The molecule has 0 saturated carbocycles. The molecule has 17 heavy (non-hydrogen) atoms. The van der Waals surface area contributed by atoms with Crippen molar-refractivity contribution in [3.05, 3.63) is 33.3 Å². The maximum atomic E-state index is 6.26. The molecule has 0 aliphatic carbocycles. The summed E-state index contributed by atoms with van der Waals surface area (Å²) in [7, 11) is 0. The minimum Gasteiger partial charge on any atom is -0.299 e. The Bertz CT molecular complexity index is 384. The first-order valence-corrected chi connectivity index (χ1v) is 7.38. The smallest absolute Gasteiger partial charge is 0.0462 e. The third-order valence-electron chi connectivity index (χ3n) is 3.35. The largest absolute Gasteiger partial charge is 0.299 e. The van der Waals surface area contributed by atoms with Crippen LogP contribution in [0.3, 0.4) is 0 Å². The molecular formula is C14H19BrClN. The molecule has 0 radical (unpaired) electrons. The number of hydrogen-bond donors (Lipinski definition) is 0. The normalized spacial score (nSPS) is 26.1. The third kappa shape index (κ3) is 3.70. The second kappa shape index (κ2) is 5.73. The number of benzene rings is 1. The molecular weight excluding hydrogens is 298 g/mol. The highest BCUT2D eigenvalue weighted by atomic mass is 79.9. The number of rotatable bonds is 2. The van der Waals surface area contributed by atoms with Crippen LogP contribution in [0.25, 0.3) is 0 Å². The average Bonchev–Trinajstić information content (AvgIpc) is 2.21. The Kier molecular flexibility index (Phi) is 4.51. The second-order valence-electron chi connectivity index (χ2n) is 5.38. The SMILES string of the molecule is CC1CC(C)CN(Cc2ccc(Br)cc2Cl)C1. The van der Waals surface area contributed by atoms with Gasteiger partial charge in [-0.3, -0.25) is 4.90 Å². The minimum atomic E-state index is 0.799. The summed E-state index contributed by atoms with van der Waals surface area (Å²) < 4.78 is 1.05. The number of nitrogens with zero attached hydrogens (tertiary/aromatic N) is 1. The van der Waals surface area contributed by atoms with Crippen molar-refractivity contribution in [2.24, 2.45) is 11.8 Å². The monoisotopic (exact) mass is 315 g/mol. The van der Waals surface area contributed by atoms with Crippen LogP contribution in [0.2, 0.25) is 5.02 Å². The molecule has 1 aromatic carbocycles. The zero-order valence-corrected chi connectivity index (χ0v) is 12.8. The van der Waals surface area contributed by atoms with Crippen molar-refractivity contribution < 1.29 is 0 Å². The van der Waals surface area contributed by atoms with E-state index in [1.165, 1.54) is 25.1 Å². The molecule has 0 bridgehead atoms. The molecule has 1 saturated heterocycles. The van der Waals surface area contributed by atoms with E-state index in [-0.39, 0.29) is 0 Å². The van der Waals surface area contributed by atoms with Crippen molar-refractivity contribution >= 4 is 27.5 Å². The average molecular weight is 317 g/mol. The Balaban J connectivity index is 2.04. The van der Waals surface area contributed by atoms with Crippen molar-refractivity contribution in [3.63, 3.8) is 0 Å². The van der Waals surface area contributed by atoms with Gasteiger partial charge in [0.25, 0.3) is 0 Å². The van der Waals surface area contributed by atoms with E-state index in [1.807, 2.05) is 6.07 Å². The Morgan fingerprint density at radius 3 is 2.53 bits per heavy atom. The van der Waals surface area contributed by atoms with Gasteiger partial charge in [0, 0.05) is 29.1 Å². The predicted octanol–water partition coefficient (Wildman–Crippen LogP) is 4.58. The van der Waals surface area contributed by atoms with E-state index in [4.69, 9.17) is 11.6 Å². The number of piperidine rings is 1. The molecule has 1 aliphatic rings. The Morgan fingerprint density at radius 2 is 1.94 bits per heavy atom. The van der Waals surface area contributed by atoms with Gasteiger partial charge in [-0.15, -0.1) is 0 Å². The molecule has 1 aliphatic heterocycles. The second-order valence-corrected chi connectivity index (χ2v) is 6.70. The van der Waals surface area contributed by atoms with Gasteiger partial charge in [0.2, 0.25) is 0 Å². The first kappa shape index (κ1) is 13.4. The van der Waals surface area contributed by atoms with Crippen LogP contribution in [-0.4, -0.2) is 18.0 Å². The lowest BCUT2D eigenvalue weighted by molar-refractivity contribution is 0.134. The van der Waals surface area contributed by atoms with E-state index in [0.717, 1.165) is 27.9 Å². The van der Waals surface area contributed by atoms with Gasteiger partial charge in [-0.2, -0.15) is 0 Å². The fraction of sp³-hybridized carbons (Fsp3) is 0.571. The lowest BCUT2D eigenvalue weighted by Crippen LogP contribution is -2.38. The maximum absolute atomic E-state index is 6.26. The number of hydrogen-bond acceptors (Lipinski definition) is 1. The zero-order valence-electron chi connectivity index (χ0n) is 10.4. The molecule has 2 unspecified atom stereocenters. The van der Waals surface area contributed by atoms with Gasteiger partial charge >= 0.3 is 0 Å². The van der Waals surface area contributed by atoms with Gasteiger partial charge in [0.15, 0.2) is 0 Å². The molecule has 2 rings (SSSR count). The zero-order chi connectivity index (χ0) is 12.4. The number of likely N-dealkylation sites (tertiary alicyclic amines) is 1. The Hall–Kier alpha value is -0.0500. The molecule has 0 N–H and O–H groups in total. The summed E-state index contributed by atoms with van der Waals surface area (Å²) in [6.45, 7) is 8.03. The van der Waals surface area contributed by atoms with Gasteiger partial charge in [0.1, 0.15) is 0 Å². The number of halogens is 2. The van der Waals surface area contributed by atoms with Crippen molar-refractivity contribution in [1.82, 2.24) is 4.90 Å². The molecule has 3 heteroatoms. The first-order chi connectivity index (χ1) is 8.04. The highest BCUT2D eigenvalue weighted by Gasteiger charge is 2.22. The van der Waals surface area contributed by atoms with Crippen LogP contribution < -0.4 is 0 Å². The summed E-state index contributed by atoms with van der Waals surface area (Å²) in [4.78, 5) is 2.52. The summed E-state index contributed by atoms with van der Waals surface area (Å²) in [6.07, 6.45) is 1.35. The van der Waals surface area contributed by atoms with E-state index in [0.29, 0.717) is 0 Å². The quantitative estimate of drug-likeness (QED) is 0.772. The highest BCUT2D eigenvalue weighted by Crippen LogP contribution is 2.26. The fourth-order valence-corrected chi connectivity index (χ4v) is 3.55. The van der Waals surface area contributed by atoms with E-state index in [1.54, 1.807) is 0 Å². The molecule has 0 amide bonds. The molecule has 1 fully saturated rings. The van der Waals surface area contributed by atoms with Crippen molar-refractivity contribution in [2.75, 3.05) is 13.1 Å². The Morgan fingerprint density at radius 1 is 1.29 bits per heavy atom. The summed E-state index contributed by atoms with van der Waals surface area (Å²) in [5.41, 5.74) is 1.23. The lowest BCUT2D eigenvalue weighted by atomic mass is 9.91. The predicted molar refractivity (Wildman–Crippen MR) is 77.4 cm³/mol. The minimum absolute atomic E-state index is 0.799. The molecule has 1 nitrogen and oxygen atoms in total. The molecule has 0 aromatic heterocycles. The fourth-order valence-electron chi connectivity index (χ4n) is 2.81. The van der Waals surface area contributed by atoms with E-state index >= 15 is 0 Å². The molecule has 0 spiro atoms. The molecule has 1 heterocycles. The van der Waals surface area contributed by atoms with Crippen LogP contribution in [0.1, 0.15) is 25.8 Å².